The lowest BCUT2D eigenvalue weighted by molar-refractivity contribution is -0.115. The van der Waals surface area contributed by atoms with Gasteiger partial charge in [0.1, 0.15) is 5.01 Å². The number of H-pyrrole nitrogens is 1. The van der Waals surface area contributed by atoms with Crippen LogP contribution in [0.3, 0.4) is 0 Å². The minimum Gasteiger partial charge on any atom is -0.326 e. The van der Waals surface area contributed by atoms with E-state index >= 15 is 0 Å². The zero-order chi connectivity index (χ0) is 20.2. The number of carbonyl (C=O) groups excluding carboxylic acids is 1. The van der Waals surface area contributed by atoms with Crippen molar-refractivity contribution in [1.82, 2.24) is 15.1 Å². The van der Waals surface area contributed by atoms with Crippen molar-refractivity contribution in [2.75, 3.05) is 5.32 Å². The van der Waals surface area contributed by atoms with Gasteiger partial charge in [0.25, 0.3) is 0 Å². The van der Waals surface area contributed by atoms with E-state index in [1.165, 1.54) is 16.9 Å². The summed E-state index contributed by atoms with van der Waals surface area (Å²) in [7, 11) is 0. The van der Waals surface area contributed by atoms with E-state index < -0.39 is 5.76 Å². The third kappa shape index (κ3) is 4.49. The number of nitrogens with zero attached hydrogens (tertiary/aromatic N) is 2. The second-order valence-electron chi connectivity index (χ2n) is 6.44. The molecule has 0 aliphatic rings. The number of aromatic amines is 1. The lowest BCUT2D eigenvalue weighted by atomic mass is 10.1. The molecule has 2 aromatic carbocycles. The van der Waals surface area contributed by atoms with Crippen LogP contribution in [-0.2, 0) is 17.6 Å². The van der Waals surface area contributed by atoms with E-state index in [1.807, 2.05) is 5.38 Å². The number of anilines is 1. The lowest BCUT2D eigenvalue weighted by Crippen LogP contribution is -2.14. The summed E-state index contributed by atoms with van der Waals surface area (Å²) in [5.74, 6) is -0.489. The topological polar surface area (TPSA) is 101 Å². The van der Waals surface area contributed by atoms with Crippen molar-refractivity contribution in [2.24, 2.45) is 0 Å². The minimum absolute atomic E-state index is 0.172. The first kappa shape index (κ1) is 18.8. The molecule has 146 valence electrons. The number of hydrogen-bond acceptors (Lipinski definition) is 6. The number of nitrogens with one attached hydrogen (secondary N) is 2. The van der Waals surface area contributed by atoms with Gasteiger partial charge in [-0.05, 0) is 24.1 Å². The minimum atomic E-state index is -0.627. The van der Waals surface area contributed by atoms with Gasteiger partial charge < -0.3 is 5.32 Å². The van der Waals surface area contributed by atoms with Crippen LogP contribution in [0.5, 0.6) is 0 Å². The molecule has 2 aromatic heterocycles. The van der Waals surface area contributed by atoms with E-state index in [-0.39, 0.29) is 12.3 Å². The molecule has 2 N–H and O–H groups in total. The Hall–Kier alpha value is -3.52. The van der Waals surface area contributed by atoms with E-state index in [0.717, 1.165) is 22.7 Å². The van der Waals surface area contributed by atoms with Crippen molar-refractivity contribution < 1.29 is 9.32 Å². The summed E-state index contributed by atoms with van der Waals surface area (Å²) in [4.78, 5) is 30.6. The Labute approximate surface area is 170 Å². The first-order valence-electron chi connectivity index (χ1n) is 9.10. The molecule has 0 atom stereocenters. The quantitative estimate of drug-likeness (QED) is 0.506. The number of amides is 1. The van der Waals surface area contributed by atoms with Crippen molar-refractivity contribution in [1.29, 1.82) is 0 Å². The Morgan fingerprint density at radius 3 is 2.72 bits per heavy atom. The Morgan fingerprint density at radius 1 is 1.17 bits per heavy atom. The Bertz CT molecular complexity index is 1190. The average Bonchev–Trinajstić information content (AvgIpc) is 3.37. The second kappa shape index (κ2) is 8.24. The predicted molar refractivity (Wildman–Crippen MR) is 112 cm³/mol. The standard InChI is InChI=1S/C21H18N4O3S/c1-2-13-6-8-14(9-7-13)20-23-17(12-29-20)11-18(26)22-16-5-3-4-15(10-16)19-24-21(27)28-25-19/h3-10,12H,2,11H2,1H3,(H,22,26)(H,24,25,27). The summed E-state index contributed by atoms with van der Waals surface area (Å²) in [5.41, 5.74) is 4.29. The number of carbonyl (C=O) groups is 1. The molecule has 1 amide bonds. The number of aryl methyl sites for hydroxylation is 1. The number of hydrogen-bond donors (Lipinski definition) is 2. The van der Waals surface area contributed by atoms with Crippen LogP contribution in [0.1, 0.15) is 18.2 Å². The van der Waals surface area contributed by atoms with Gasteiger partial charge in [-0.3, -0.25) is 14.3 Å². The zero-order valence-electron chi connectivity index (χ0n) is 15.6. The molecule has 0 aliphatic heterocycles. The van der Waals surface area contributed by atoms with Crippen LogP contribution in [0.25, 0.3) is 22.0 Å². The van der Waals surface area contributed by atoms with E-state index in [4.69, 9.17) is 0 Å². The number of aromatic nitrogens is 3. The molecule has 0 saturated carbocycles. The summed E-state index contributed by atoms with van der Waals surface area (Å²) >= 11 is 1.52. The number of rotatable bonds is 6. The fraction of sp³-hybridized carbons (Fsp3) is 0.143. The average molecular weight is 406 g/mol. The van der Waals surface area contributed by atoms with Gasteiger partial charge in [0, 0.05) is 22.2 Å². The van der Waals surface area contributed by atoms with Crippen LogP contribution in [0.15, 0.2) is 63.2 Å². The molecule has 0 saturated heterocycles. The molecule has 0 bridgehead atoms. The lowest BCUT2D eigenvalue weighted by Gasteiger charge is -2.05. The van der Waals surface area contributed by atoms with Gasteiger partial charge in [0.2, 0.25) is 5.91 Å². The normalized spacial score (nSPS) is 10.8. The van der Waals surface area contributed by atoms with E-state index in [0.29, 0.717) is 17.1 Å². The molecule has 0 aliphatic carbocycles. The van der Waals surface area contributed by atoms with E-state index in [2.05, 4.69) is 56.2 Å². The molecule has 0 spiro atoms. The zero-order valence-corrected chi connectivity index (χ0v) is 16.5. The van der Waals surface area contributed by atoms with Crippen LogP contribution in [0, 0.1) is 0 Å². The molecule has 4 rings (SSSR count). The van der Waals surface area contributed by atoms with Crippen molar-refractivity contribution in [3.63, 3.8) is 0 Å². The highest BCUT2D eigenvalue weighted by Crippen LogP contribution is 2.25. The van der Waals surface area contributed by atoms with Crippen LogP contribution in [0.2, 0.25) is 0 Å². The van der Waals surface area contributed by atoms with Gasteiger partial charge in [-0.2, -0.15) is 0 Å². The highest BCUT2D eigenvalue weighted by Gasteiger charge is 2.11. The Morgan fingerprint density at radius 2 is 2.00 bits per heavy atom. The SMILES string of the molecule is CCc1ccc(-c2nc(CC(=O)Nc3cccc(-c4noc(=O)[nH]4)c3)cs2)cc1. The Kier molecular flexibility index (Phi) is 5.35. The van der Waals surface area contributed by atoms with Gasteiger partial charge in [-0.25, -0.2) is 9.78 Å². The molecular formula is C21H18N4O3S. The molecule has 7 nitrogen and oxygen atoms in total. The predicted octanol–water partition coefficient (Wildman–Crippen LogP) is 3.90. The van der Waals surface area contributed by atoms with Gasteiger partial charge in [0.15, 0.2) is 5.82 Å². The van der Waals surface area contributed by atoms with Crippen molar-refractivity contribution >= 4 is 22.9 Å². The number of thiazole rings is 1. The smallest absolute Gasteiger partial charge is 0.326 e. The monoisotopic (exact) mass is 406 g/mol. The molecule has 2 heterocycles. The molecule has 4 aromatic rings. The maximum absolute atomic E-state index is 12.4. The molecule has 29 heavy (non-hydrogen) atoms. The molecule has 0 radical (unpaired) electrons. The maximum atomic E-state index is 12.4. The van der Waals surface area contributed by atoms with Crippen molar-refractivity contribution in [3.8, 4) is 22.0 Å². The summed E-state index contributed by atoms with van der Waals surface area (Å²) in [5, 5.41) is 9.30. The largest absolute Gasteiger partial charge is 0.439 e. The summed E-state index contributed by atoms with van der Waals surface area (Å²) in [6.45, 7) is 2.12. The summed E-state index contributed by atoms with van der Waals surface area (Å²) < 4.78 is 4.51. The fourth-order valence-electron chi connectivity index (χ4n) is 2.87. The van der Waals surface area contributed by atoms with Crippen molar-refractivity contribution in [3.05, 3.63) is 75.7 Å². The summed E-state index contributed by atoms with van der Waals surface area (Å²) in [6, 6.07) is 15.3. The summed E-state index contributed by atoms with van der Waals surface area (Å²) in [6.07, 6.45) is 1.17. The number of benzene rings is 2. The van der Waals surface area contributed by atoms with Crippen LogP contribution in [0.4, 0.5) is 5.69 Å². The highest BCUT2D eigenvalue weighted by molar-refractivity contribution is 7.13. The highest BCUT2D eigenvalue weighted by atomic mass is 32.1. The van der Waals surface area contributed by atoms with Crippen LogP contribution in [-0.4, -0.2) is 21.0 Å². The van der Waals surface area contributed by atoms with Gasteiger partial charge in [0.05, 0.1) is 12.1 Å². The van der Waals surface area contributed by atoms with Crippen molar-refractivity contribution in [2.45, 2.75) is 19.8 Å². The molecule has 0 unspecified atom stereocenters. The Balaban J connectivity index is 1.42. The van der Waals surface area contributed by atoms with Gasteiger partial charge in [-0.1, -0.05) is 48.5 Å². The van der Waals surface area contributed by atoms with Gasteiger partial charge in [-0.15, -0.1) is 11.3 Å². The first-order chi connectivity index (χ1) is 14.1. The van der Waals surface area contributed by atoms with Gasteiger partial charge >= 0.3 is 5.76 Å². The first-order valence-corrected chi connectivity index (χ1v) is 9.98. The molecule has 8 heteroatoms. The second-order valence-corrected chi connectivity index (χ2v) is 7.30. The third-order valence-electron chi connectivity index (χ3n) is 4.36. The fourth-order valence-corrected chi connectivity index (χ4v) is 3.70. The van der Waals surface area contributed by atoms with Crippen LogP contribution < -0.4 is 11.1 Å². The molecular weight excluding hydrogens is 388 g/mol. The maximum Gasteiger partial charge on any atom is 0.439 e. The third-order valence-corrected chi connectivity index (χ3v) is 5.30. The van der Waals surface area contributed by atoms with E-state index in [1.54, 1.807) is 24.3 Å². The molecule has 0 fully saturated rings. The van der Waals surface area contributed by atoms with E-state index in [9.17, 15) is 9.59 Å². The van der Waals surface area contributed by atoms with Crippen LogP contribution >= 0.6 is 11.3 Å².